The van der Waals surface area contributed by atoms with E-state index in [0.29, 0.717) is 142 Å². The number of halogens is 2. The minimum absolute atomic E-state index is 0.000989. The summed E-state index contributed by atoms with van der Waals surface area (Å²) in [6, 6.07) is 35.9. The first-order valence-electron chi connectivity index (χ1n) is 45.0. The number of nitrogens with zero attached hydrogens (tertiary/aromatic N) is 23. The number of alkyl halides is 2. The normalized spacial score (nSPS) is 22.5. The monoisotopic (exact) mass is 1740 g/mol. The van der Waals surface area contributed by atoms with Gasteiger partial charge in [-0.1, -0.05) is 68.3 Å². The highest BCUT2D eigenvalue weighted by atomic mass is 19.3. The van der Waals surface area contributed by atoms with E-state index in [9.17, 15) is 44.2 Å². The predicted molar refractivity (Wildman–Crippen MR) is 490 cm³/mol. The number of amides is 3. The van der Waals surface area contributed by atoms with E-state index in [2.05, 4.69) is 177 Å². The van der Waals surface area contributed by atoms with Gasteiger partial charge in [-0.2, -0.15) is 51.0 Å². The van der Waals surface area contributed by atoms with Crippen LogP contribution in [0.4, 0.5) is 43.3 Å². The molecule has 9 aliphatic heterocycles. The molecule has 0 bridgehead atoms. The molecule has 666 valence electrons. The van der Waals surface area contributed by atoms with Crippen LogP contribution in [0.1, 0.15) is 112 Å². The molecule has 0 saturated carbocycles. The fourth-order valence-electron chi connectivity index (χ4n) is 21.8. The van der Waals surface area contributed by atoms with Gasteiger partial charge >= 0.3 is 18.0 Å². The lowest BCUT2D eigenvalue weighted by Crippen LogP contribution is -2.55. The first kappa shape index (κ1) is 86.7. The van der Waals surface area contributed by atoms with Gasteiger partial charge in [-0.3, -0.25) is 29.1 Å². The van der Waals surface area contributed by atoms with Gasteiger partial charge in [0.25, 0.3) is 5.92 Å². The fraction of sp³-hybridized carbons (Fsp3) is 0.459. The number of hydrogen-bond acceptors (Lipinski definition) is 25. The van der Waals surface area contributed by atoms with Crippen molar-refractivity contribution in [3.05, 3.63) is 185 Å². The molecule has 29 nitrogen and oxygen atoms in total. The van der Waals surface area contributed by atoms with E-state index in [-0.39, 0.29) is 105 Å². The van der Waals surface area contributed by atoms with Gasteiger partial charge in [0.2, 0.25) is 17.7 Å². The molecule has 5 aromatic carbocycles. The lowest BCUT2D eigenvalue weighted by atomic mass is 9.89. The number of benzene rings is 5. The van der Waals surface area contributed by atoms with E-state index in [0.717, 1.165) is 132 Å². The van der Waals surface area contributed by atoms with Crippen molar-refractivity contribution in [3.63, 3.8) is 0 Å². The van der Waals surface area contributed by atoms with Crippen LogP contribution in [0.2, 0.25) is 0 Å². The van der Waals surface area contributed by atoms with Gasteiger partial charge in [-0.15, -0.1) is 0 Å². The number of likely N-dealkylation sites (tertiary alicyclic amines) is 3. The van der Waals surface area contributed by atoms with Crippen LogP contribution in [0.3, 0.4) is 0 Å². The highest BCUT2D eigenvalue weighted by molar-refractivity contribution is 6.01. The quantitative estimate of drug-likeness (QED) is 0.0537. The third-order valence-corrected chi connectivity index (χ3v) is 28.6. The third kappa shape index (κ3) is 16.9. The van der Waals surface area contributed by atoms with Crippen LogP contribution >= 0.6 is 0 Å². The van der Waals surface area contributed by atoms with Gasteiger partial charge < -0.3 is 62.9 Å². The molecular weight excluding hydrogens is 1630 g/mol. The van der Waals surface area contributed by atoms with Gasteiger partial charge in [0.15, 0.2) is 0 Å². The lowest BCUT2D eigenvalue weighted by molar-refractivity contribution is -0.129. The molecule has 4 aromatic heterocycles. The number of carbonyl (C=O) groups excluding carboxylic acids is 3. The van der Waals surface area contributed by atoms with Crippen molar-refractivity contribution in [2.24, 2.45) is 0 Å². The van der Waals surface area contributed by atoms with Crippen LogP contribution < -0.4 is 43.6 Å². The van der Waals surface area contributed by atoms with Gasteiger partial charge in [0.1, 0.15) is 37.3 Å². The maximum Gasteiger partial charge on any atom is 0.318 e. The molecule has 0 radical (unpaired) electrons. The van der Waals surface area contributed by atoms with E-state index in [4.69, 9.17) is 44.1 Å². The van der Waals surface area contributed by atoms with Crippen molar-refractivity contribution < 1.29 is 37.4 Å². The number of piperazine rings is 3. The summed E-state index contributed by atoms with van der Waals surface area (Å²) in [7, 11) is 5.98. The molecule has 9 aliphatic rings. The van der Waals surface area contributed by atoms with Crippen LogP contribution in [-0.2, 0) is 53.3 Å². The van der Waals surface area contributed by atoms with Crippen molar-refractivity contribution >= 4 is 84.7 Å². The number of ether oxygens (including phenoxy) is 3. The summed E-state index contributed by atoms with van der Waals surface area (Å²) >= 11 is 0. The van der Waals surface area contributed by atoms with Gasteiger partial charge in [-0.05, 0) is 162 Å². The number of aryl methyl sites for hydroxylation is 2. The van der Waals surface area contributed by atoms with E-state index in [1.165, 1.54) is 29.4 Å². The summed E-state index contributed by atoms with van der Waals surface area (Å²) in [6.07, 6.45) is 9.68. The number of aromatic nitrogens is 7. The average molecular weight is 1740 g/mol. The van der Waals surface area contributed by atoms with Gasteiger partial charge in [-0.25, -0.2) is 8.78 Å². The van der Waals surface area contributed by atoms with Gasteiger partial charge in [0.05, 0.1) is 116 Å². The number of nitriles is 4. The van der Waals surface area contributed by atoms with Crippen molar-refractivity contribution in [1.29, 1.82) is 21.0 Å². The molecule has 0 N–H and O–H groups in total. The van der Waals surface area contributed by atoms with Crippen LogP contribution in [0.25, 0.3) is 32.4 Å². The maximum atomic E-state index is 14.7. The van der Waals surface area contributed by atoms with Crippen LogP contribution in [-0.4, -0.2) is 263 Å². The highest BCUT2D eigenvalue weighted by Gasteiger charge is 2.45. The second kappa shape index (κ2) is 36.2. The van der Waals surface area contributed by atoms with Gasteiger partial charge in [0, 0.05) is 178 Å². The summed E-state index contributed by atoms with van der Waals surface area (Å²) in [6.45, 7) is 26.7. The van der Waals surface area contributed by atoms with Crippen LogP contribution in [0.15, 0.2) is 123 Å². The van der Waals surface area contributed by atoms with Crippen LogP contribution in [0.5, 0.6) is 18.0 Å². The molecule has 3 amide bonds. The zero-order valence-electron chi connectivity index (χ0n) is 74.3. The second-order valence-electron chi connectivity index (χ2n) is 36.2. The Kier molecular flexibility index (Phi) is 24.3. The summed E-state index contributed by atoms with van der Waals surface area (Å²) in [5, 5.41) is 45.7. The molecule has 0 aliphatic carbocycles. The van der Waals surface area contributed by atoms with E-state index >= 15 is 0 Å². The molecule has 0 spiro atoms. The predicted octanol–water partition coefficient (Wildman–Crippen LogP) is 11.1. The zero-order chi connectivity index (χ0) is 89.8. The number of rotatable bonds is 23. The smallest absolute Gasteiger partial charge is 0.318 e. The summed E-state index contributed by atoms with van der Waals surface area (Å²) < 4.78 is 51.9. The molecule has 129 heavy (non-hydrogen) atoms. The highest BCUT2D eigenvalue weighted by Crippen LogP contribution is 2.46. The molecule has 31 heteroatoms. The Labute approximate surface area is 750 Å². The molecule has 18 rings (SSSR count). The number of carbonyl (C=O) groups is 3. The van der Waals surface area contributed by atoms with Crippen molar-refractivity contribution in [1.82, 2.24) is 63.9 Å². The molecule has 9 aromatic rings. The second-order valence-corrected chi connectivity index (χ2v) is 36.2. The largest absolute Gasteiger partial charge is 0.462 e. The first-order chi connectivity index (χ1) is 62.5. The average Bonchev–Trinajstić information content (AvgIpc) is 1.58. The zero-order valence-corrected chi connectivity index (χ0v) is 74.3. The van der Waals surface area contributed by atoms with Crippen LogP contribution in [0, 0.1) is 66.1 Å². The molecule has 6 fully saturated rings. The van der Waals surface area contributed by atoms with Crippen molar-refractivity contribution in [3.8, 4) is 42.3 Å². The minimum atomic E-state index is -2.84. The molecule has 2 unspecified atom stereocenters. The summed E-state index contributed by atoms with van der Waals surface area (Å²) in [5.41, 5.74) is 15.0. The number of likely N-dealkylation sites (N-methyl/N-ethyl adjacent to an activating group) is 3. The Bertz CT molecular complexity index is 6110. The third-order valence-electron chi connectivity index (χ3n) is 28.6. The maximum absolute atomic E-state index is 14.7. The molecule has 13 heterocycles. The topological polar surface area (TPSA) is 295 Å². The molecule has 8 atom stereocenters. The Morgan fingerprint density at radius 2 is 0.977 bits per heavy atom. The number of hydrogen-bond donors (Lipinski definition) is 0. The Morgan fingerprint density at radius 1 is 0.496 bits per heavy atom. The Balaban J connectivity index is 0.592. The Morgan fingerprint density at radius 3 is 1.48 bits per heavy atom. The van der Waals surface area contributed by atoms with E-state index in [1.54, 1.807) is 26.6 Å². The summed E-state index contributed by atoms with van der Waals surface area (Å²) in [5.74, 6) is -1.18. The fourth-order valence-corrected chi connectivity index (χ4v) is 21.8. The first-order valence-corrected chi connectivity index (χ1v) is 45.0. The minimum Gasteiger partial charge on any atom is -0.462 e. The summed E-state index contributed by atoms with van der Waals surface area (Å²) in [4.78, 5) is 95.9. The standard InChI is InChI=1S/C98H109F2N23O6/c1-10-86(124)121-41-38-117(51-67(121)24-31-101)92-76-27-34-114(83-21-15-18-64-17-14-19-65(48-104)90(64)83)54-80(76)105-95(108-92)128-58-72-46-70(50-112(72)8)120-37-30-79-85(120)44-62(5)63(6)91(79)116-36-29-78-82(56-116)107-96(109-94(78)119-40-43-123(88(126)12-3)69(53-119)26-33-103)127-57-71-45-66(49-111(71)7)74-22-23-84(89-61(4)16-13-20-75(74)89)115-35-28-77-81(55-115)106-97(129-59-73-47-98(99,100)60-113(73)9)110-93(77)118-39-42-122(87(125)11-2)68(52-118)25-32-102/h10-23,30,37,44,66-73H,1-3,24-29,34-36,38-43,45-47,49-60H2,4-9H3/t66?,67-,68-,69-,70?,71-,72-,73-/m0/s1. The van der Waals surface area contributed by atoms with E-state index in [1.807, 2.05) is 30.3 Å². The lowest BCUT2D eigenvalue weighted by Gasteiger charge is -2.42. The Hall–Kier alpha value is -13.1. The molecule has 6 saturated heterocycles. The van der Waals surface area contributed by atoms with E-state index < -0.39 is 24.0 Å². The SMILES string of the molecule is C=CC(=O)N1CCN(c2nc(OC[C@@H]3CC(c4ccc(N5CCc6c(nc(OC[C@@H]7CC(F)(F)CN7C)nc6N6CCN(C(=O)C=C)[C@@H](CC#N)C6)C5)c5c(C)cccc45)CN3C)nc3c2CCN(c2c(C)c(C)cc4c2ccn4C2C[C@@H](COc4nc5c(c(N6CCN(C(=O)C=C)[C@@H](CC#N)C6)n4)CCN(c4cccc6cccc(C#N)c46)C5)N(C)C2)C3)C[C@@H]1CC#N. The van der Waals surface area contributed by atoms with Crippen molar-refractivity contribution in [2.45, 2.75) is 152 Å². The number of fused-ring (bicyclic) bond motifs is 6. The van der Waals surface area contributed by atoms with Crippen molar-refractivity contribution in [2.75, 3.05) is 169 Å². The molecular formula is C98H109F2N23O6. The number of anilines is 6.